The van der Waals surface area contributed by atoms with Crippen LogP contribution in [0.2, 0.25) is 0 Å². The van der Waals surface area contributed by atoms with Crippen LogP contribution in [0.4, 0.5) is 0 Å². The van der Waals surface area contributed by atoms with Crippen molar-refractivity contribution in [3.8, 4) is 17.2 Å². The van der Waals surface area contributed by atoms with Gasteiger partial charge in [-0.2, -0.15) is 0 Å². The van der Waals surface area contributed by atoms with Crippen LogP contribution in [-0.4, -0.2) is 108 Å². The fraction of sp³-hybridized carbons (Fsp3) is 0.429. The highest BCUT2D eigenvalue weighted by molar-refractivity contribution is 6.31. The van der Waals surface area contributed by atoms with Crippen molar-refractivity contribution < 1.29 is 74.2 Å². The van der Waals surface area contributed by atoms with Crippen LogP contribution in [0, 0.1) is 0 Å². The van der Waals surface area contributed by atoms with E-state index in [9.17, 15) is 60.0 Å². The number of phenols is 2. The number of carbonyl (C=O) groups excluding carboxylic acids is 3. The number of esters is 1. The average molecular weight is 605 g/mol. The van der Waals surface area contributed by atoms with Gasteiger partial charge in [0.15, 0.2) is 11.9 Å². The number of rotatable bonds is 5. The van der Waals surface area contributed by atoms with Crippen LogP contribution in [0.5, 0.6) is 17.2 Å². The summed E-state index contributed by atoms with van der Waals surface area (Å²) in [5, 5.41) is 84.6. The lowest BCUT2D eigenvalue weighted by Crippen LogP contribution is -2.61. The lowest BCUT2D eigenvalue weighted by molar-refractivity contribution is -0.271. The Labute approximate surface area is 242 Å². The van der Waals surface area contributed by atoms with Crippen molar-refractivity contribution in [1.29, 1.82) is 0 Å². The zero-order valence-corrected chi connectivity index (χ0v) is 22.6. The first-order valence-corrected chi connectivity index (χ1v) is 13.1. The average Bonchev–Trinajstić information content (AvgIpc) is 2.96. The molecule has 0 spiro atoms. The molecule has 1 saturated heterocycles. The van der Waals surface area contributed by atoms with E-state index in [1.54, 1.807) is 0 Å². The molecule has 8 atom stereocenters. The molecule has 43 heavy (non-hydrogen) atoms. The first-order chi connectivity index (χ1) is 20.2. The minimum Gasteiger partial charge on any atom is -0.507 e. The molecule has 15 heteroatoms. The number of hydrogen-bond donors (Lipinski definition) is 8. The van der Waals surface area contributed by atoms with E-state index in [1.165, 1.54) is 19.1 Å². The number of carboxylic acid groups (broad SMARTS) is 1. The number of hydrogen-bond acceptors (Lipinski definition) is 14. The maximum absolute atomic E-state index is 13.9. The summed E-state index contributed by atoms with van der Waals surface area (Å²) in [4.78, 5) is 52.0. The fourth-order valence-corrected chi connectivity index (χ4v) is 6.05. The van der Waals surface area contributed by atoms with Crippen LogP contribution in [-0.2, 0) is 19.1 Å². The Balaban J connectivity index is 1.66. The molecule has 3 aliphatic rings. The van der Waals surface area contributed by atoms with Crippen LogP contribution in [0.15, 0.2) is 18.2 Å². The molecule has 1 aliphatic heterocycles. The number of aliphatic hydroxyl groups excluding tert-OH is 4. The van der Waals surface area contributed by atoms with Crippen LogP contribution in [0.1, 0.15) is 74.8 Å². The quantitative estimate of drug-likeness (QED) is 0.128. The predicted octanol–water partition coefficient (Wildman–Crippen LogP) is -1.02. The highest BCUT2D eigenvalue weighted by Gasteiger charge is 2.54. The van der Waals surface area contributed by atoms with E-state index >= 15 is 0 Å². The smallest absolute Gasteiger partial charge is 0.335 e. The molecule has 0 amide bonds. The van der Waals surface area contributed by atoms with Gasteiger partial charge in [-0.25, -0.2) is 4.79 Å². The SMILES string of the molecule is CCC1(O)CC(O)c2c(O)c3c(c(O)c2C1C(=O)OC)C(=O)c1cccc(OC2OC(C(=O)O)C(O)C(O)C2O)c1C3=O. The normalized spacial score (nSPS) is 31.5. The molecule has 8 unspecified atom stereocenters. The second kappa shape index (κ2) is 10.6. The number of ketones is 2. The van der Waals surface area contributed by atoms with Gasteiger partial charge in [0, 0.05) is 23.1 Å². The van der Waals surface area contributed by atoms with Crippen LogP contribution < -0.4 is 4.74 Å². The number of benzene rings is 2. The number of aromatic hydroxyl groups is 2. The van der Waals surface area contributed by atoms with Crippen molar-refractivity contribution in [1.82, 2.24) is 0 Å². The summed E-state index contributed by atoms with van der Waals surface area (Å²) in [5.41, 5.74) is -5.25. The third kappa shape index (κ3) is 4.35. The van der Waals surface area contributed by atoms with E-state index in [1.807, 2.05) is 0 Å². The highest BCUT2D eigenvalue weighted by atomic mass is 16.7. The molecule has 15 nitrogen and oxygen atoms in total. The van der Waals surface area contributed by atoms with Gasteiger partial charge in [0.05, 0.1) is 35.5 Å². The van der Waals surface area contributed by atoms with Gasteiger partial charge in [0.25, 0.3) is 0 Å². The van der Waals surface area contributed by atoms with Gasteiger partial charge in [-0.3, -0.25) is 14.4 Å². The zero-order chi connectivity index (χ0) is 31.7. The molecule has 2 aromatic rings. The van der Waals surface area contributed by atoms with E-state index in [2.05, 4.69) is 0 Å². The second-order valence-corrected chi connectivity index (χ2v) is 10.6. The molecule has 0 aromatic heterocycles. The van der Waals surface area contributed by atoms with Gasteiger partial charge in [-0.15, -0.1) is 0 Å². The molecule has 0 radical (unpaired) electrons. The summed E-state index contributed by atoms with van der Waals surface area (Å²) in [6.07, 6.45) is -12.3. The molecule has 1 fully saturated rings. The summed E-state index contributed by atoms with van der Waals surface area (Å²) < 4.78 is 15.5. The summed E-state index contributed by atoms with van der Waals surface area (Å²) in [7, 11) is 1.02. The number of aliphatic carboxylic acids is 1. The lowest BCUT2D eigenvalue weighted by Gasteiger charge is -2.42. The van der Waals surface area contributed by atoms with Crippen LogP contribution >= 0.6 is 0 Å². The topological polar surface area (TPSA) is 258 Å². The van der Waals surface area contributed by atoms with Crippen molar-refractivity contribution in [3.63, 3.8) is 0 Å². The van der Waals surface area contributed by atoms with E-state index < -0.39 is 123 Å². The fourth-order valence-electron chi connectivity index (χ4n) is 6.05. The molecule has 0 saturated carbocycles. The number of methoxy groups -OCH3 is 1. The van der Waals surface area contributed by atoms with Gasteiger partial charge in [-0.1, -0.05) is 19.1 Å². The standard InChI is InChI=1S/C28H28O15/c1-3-28(40)7-9(29)12-13(16(28)26(39)41-2)20(33)14-15(19(12)32)18(31)11-8(17(14)30)5-4-6-10(11)42-27-23(36)21(34)22(35)24(43-27)25(37)38/h4-6,9,16,21-24,27,29,32-36,40H,3,7H2,1-2H3,(H,37,38). The largest absolute Gasteiger partial charge is 0.507 e. The summed E-state index contributed by atoms with van der Waals surface area (Å²) in [6, 6.07) is 3.57. The first kappa shape index (κ1) is 30.3. The van der Waals surface area contributed by atoms with Gasteiger partial charge in [-0.05, 0) is 12.5 Å². The van der Waals surface area contributed by atoms with E-state index in [4.69, 9.17) is 14.2 Å². The summed E-state index contributed by atoms with van der Waals surface area (Å²) >= 11 is 0. The molecule has 2 aliphatic carbocycles. The lowest BCUT2D eigenvalue weighted by atomic mass is 9.66. The maximum atomic E-state index is 13.9. The number of phenolic OH excluding ortho intramolecular Hbond substituents is 2. The van der Waals surface area contributed by atoms with E-state index in [-0.39, 0.29) is 12.0 Å². The Morgan fingerprint density at radius 1 is 0.953 bits per heavy atom. The number of carbonyl (C=O) groups is 4. The first-order valence-electron chi connectivity index (χ1n) is 13.1. The van der Waals surface area contributed by atoms with E-state index in [0.717, 1.165) is 13.2 Å². The Bertz CT molecular complexity index is 1550. The molecule has 0 bridgehead atoms. The third-order valence-electron chi connectivity index (χ3n) is 8.29. The number of carboxylic acids is 1. The molecule has 8 N–H and O–H groups in total. The third-order valence-corrected chi connectivity index (χ3v) is 8.29. The number of ether oxygens (including phenoxy) is 3. The van der Waals surface area contributed by atoms with Gasteiger partial charge in [0.2, 0.25) is 12.1 Å². The predicted molar refractivity (Wildman–Crippen MR) is 138 cm³/mol. The second-order valence-electron chi connectivity index (χ2n) is 10.6. The minimum absolute atomic E-state index is 0.0967. The highest BCUT2D eigenvalue weighted by Crippen LogP contribution is 2.56. The Morgan fingerprint density at radius 2 is 1.58 bits per heavy atom. The van der Waals surface area contributed by atoms with Crippen LogP contribution in [0.3, 0.4) is 0 Å². The van der Waals surface area contributed by atoms with Crippen molar-refractivity contribution in [2.45, 2.75) is 68.1 Å². The van der Waals surface area contributed by atoms with Crippen molar-refractivity contribution in [2.75, 3.05) is 7.11 Å². The Morgan fingerprint density at radius 3 is 2.19 bits per heavy atom. The molecule has 1 heterocycles. The minimum atomic E-state index is -2.03. The van der Waals surface area contributed by atoms with E-state index in [0.29, 0.717) is 0 Å². The molecular weight excluding hydrogens is 576 g/mol. The van der Waals surface area contributed by atoms with Gasteiger partial charge in [0.1, 0.15) is 41.5 Å². The van der Waals surface area contributed by atoms with Crippen molar-refractivity contribution in [2.24, 2.45) is 0 Å². The Kier molecular flexibility index (Phi) is 7.44. The molecular formula is C28H28O15. The van der Waals surface area contributed by atoms with Crippen LogP contribution in [0.25, 0.3) is 0 Å². The maximum Gasteiger partial charge on any atom is 0.335 e. The van der Waals surface area contributed by atoms with Crippen molar-refractivity contribution >= 4 is 23.5 Å². The summed E-state index contributed by atoms with van der Waals surface area (Å²) in [5.74, 6) is -8.84. The number of fused-ring (bicyclic) bond motifs is 3. The number of aliphatic hydroxyl groups is 5. The monoisotopic (exact) mass is 604 g/mol. The zero-order valence-electron chi connectivity index (χ0n) is 22.6. The Hall–Kier alpha value is -4.12. The summed E-state index contributed by atoms with van der Waals surface area (Å²) in [6.45, 7) is 1.51. The van der Waals surface area contributed by atoms with Gasteiger partial charge < -0.3 is 55.1 Å². The molecule has 5 rings (SSSR count). The van der Waals surface area contributed by atoms with Crippen molar-refractivity contribution in [3.05, 3.63) is 51.6 Å². The molecule has 2 aromatic carbocycles. The molecule has 230 valence electrons. The van der Waals surface area contributed by atoms with Gasteiger partial charge >= 0.3 is 11.9 Å².